The molecule has 1 aliphatic rings. The minimum atomic E-state index is 0. The summed E-state index contributed by atoms with van der Waals surface area (Å²) < 4.78 is 0.533. The molecule has 0 aromatic heterocycles. The zero-order valence-corrected chi connectivity index (χ0v) is 14.9. The highest BCUT2D eigenvalue weighted by molar-refractivity contribution is 8.16. The number of rotatable bonds is 5. The van der Waals surface area contributed by atoms with Gasteiger partial charge in [0.1, 0.15) is 0 Å². The van der Waals surface area contributed by atoms with Gasteiger partial charge in [-0.2, -0.15) is 0 Å². The van der Waals surface area contributed by atoms with Gasteiger partial charge in [-0.05, 0) is 49.6 Å². The van der Waals surface area contributed by atoms with Gasteiger partial charge in [-0.15, -0.1) is 35.9 Å². The first kappa shape index (κ1) is 18.7. The maximum Gasteiger partial charge on any atom is 0.251 e. The highest BCUT2D eigenvalue weighted by Gasteiger charge is 2.16. The van der Waals surface area contributed by atoms with E-state index in [9.17, 15) is 4.79 Å². The number of thioether (sulfide) groups is 2. The van der Waals surface area contributed by atoms with Gasteiger partial charge in [-0.25, -0.2) is 0 Å². The Morgan fingerprint density at radius 2 is 1.90 bits per heavy atom. The lowest BCUT2D eigenvalue weighted by atomic mass is 10.1. The molecular formula is C15H23ClN2OS2. The van der Waals surface area contributed by atoms with E-state index in [4.69, 9.17) is 0 Å². The van der Waals surface area contributed by atoms with Crippen LogP contribution >= 0.6 is 35.9 Å². The van der Waals surface area contributed by atoms with E-state index < -0.39 is 0 Å². The quantitative estimate of drug-likeness (QED) is 0.858. The van der Waals surface area contributed by atoms with Crippen molar-refractivity contribution < 1.29 is 4.79 Å². The Morgan fingerprint density at radius 1 is 1.29 bits per heavy atom. The molecule has 0 spiro atoms. The van der Waals surface area contributed by atoms with Crippen molar-refractivity contribution in [2.24, 2.45) is 0 Å². The molecule has 1 aliphatic heterocycles. The molecule has 1 atom stereocenters. The molecule has 21 heavy (non-hydrogen) atoms. The van der Waals surface area contributed by atoms with E-state index in [2.05, 4.69) is 22.8 Å². The fourth-order valence-electron chi connectivity index (χ4n) is 1.92. The van der Waals surface area contributed by atoms with E-state index in [1.165, 1.54) is 23.5 Å². The Labute approximate surface area is 141 Å². The van der Waals surface area contributed by atoms with Crippen LogP contribution in [0.5, 0.6) is 0 Å². The minimum Gasteiger partial charge on any atom is -0.350 e. The van der Waals surface area contributed by atoms with Crippen molar-refractivity contribution in [2.75, 3.05) is 25.1 Å². The van der Waals surface area contributed by atoms with Crippen molar-refractivity contribution >= 4 is 41.8 Å². The molecule has 1 unspecified atom stereocenters. The first-order chi connectivity index (χ1) is 9.70. The smallest absolute Gasteiger partial charge is 0.251 e. The lowest BCUT2D eigenvalue weighted by Gasteiger charge is -2.21. The van der Waals surface area contributed by atoms with Gasteiger partial charge in [0.25, 0.3) is 5.91 Å². The molecule has 1 aromatic carbocycles. The van der Waals surface area contributed by atoms with Crippen LogP contribution in [0.25, 0.3) is 0 Å². The highest BCUT2D eigenvalue weighted by atomic mass is 35.5. The molecule has 3 nitrogen and oxygen atoms in total. The summed E-state index contributed by atoms with van der Waals surface area (Å²) in [6, 6.07) is 8.33. The van der Waals surface area contributed by atoms with Crippen molar-refractivity contribution in [3.63, 3.8) is 0 Å². The summed E-state index contributed by atoms with van der Waals surface area (Å²) in [5.41, 5.74) is 2.06. The summed E-state index contributed by atoms with van der Waals surface area (Å²) in [5, 5.41) is 6.04. The molecular weight excluding hydrogens is 324 g/mol. The van der Waals surface area contributed by atoms with Crippen LogP contribution in [0.2, 0.25) is 0 Å². The van der Waals surface area contributed by atoms with Crippen LogP contribution < -0.4 is 10.6 Å². The summed E-state index contributed by atoms with van der Waals surface area (Å²) in [4.78, 5) is 12.0. The lowest BCUT2D eigenvalue weighted by molar-refractivity contribution is 0.0950. The van der Waals surface area contributed by atoms with Crippen LogP contribution in [0.3, 0.4) is 0 Å². The van der Waals surface area contributed by atoms with Gasteiger partial charge in [-0.3, -0.25) is 4.79 Å². The molecule has 2 rings (SSSR count). The van der Waals surface area contributed by atoms with Crippen LogP contribution in [0, 0.1) is 0 Å². The van der Waals surface area contributed by atoms with Gasteiger partial charge in [0.2, 0.25) is 0 Å². The number of hydrogen-bond donors (Lipinski definition) is 2. The van der Waals surface area contributed by atoms with Crippen molar-refractivity contribution in [3.8, 4) is 0 Å². The van der Waals surface area contributed by atoms with E-state index in [0.717, 1.165) is 5.56 Å². The Kier molecular flexibility index (Phi) is 8.56. The van der Waals surface area contributed by atoms with Gasteiger partial charge < -0.3 is 10.6 Å². The molecule has 1 amide bonds. The zero-order valence-electron chi connectivity index (χ0n) is 12.4. The molecule has 0 saturated carbocycles. The normalized spacial score (nSPS) is 16.9. The second-order valence-electron chi connectivity index (χ2n) is 4.95. The average Bonchev–Trinajstić information content (AvgIpc) is 2.53. The molecule has 0 aliphatic carbocycles. The largest absolute Gasteiger partial charge is 0.350 e. The number of carbonyl (C=O) groups excluding carboxylic acids is 1. The fraction of sp³-hybridized carbons (Fsp3) is 0.533. The molecule has 0 bridgehead atoms. The van der Waals surface area contributed by atoms with Crippen molar-refractivity contribution in [1.29, 1.82) is 0 Å². The average molecular weight is 347 g/mol. The van der Waals surface area contributed by atoms with E-state index in [0.29, 0.717) is 11.1 Å². The minimum absolute atomic E-state index is 0. The van der Waals surface area contributed by atoms with Crippen LogP contribution in [0.15, 0.2) is 24.3 Å². The summed E-state index contributed by atoms with van der Waals surface area (Å²) >= 11 is 4.00. The Balaban J connectivity index is 0.00000220. The Hall–Kier alpha value is -0.360. The molecule has 0 radical (unpaired) electrons. The number of hydrogen-bond acceptors (Lipinski definition) is 4. The zero-order chi connectivity index (χ0) is 14.4. The molecule has 6 heteroatoms. The van der Waals surface area contributed by atoms with Crippen molar-refractivity contribution in [1.82, 2.24) is 10.6 Å². The van der Waals surface area contributed by atoms with E-state index in [-0.39, 0.29) is 24.4 Å². The summed E-state index contributed by atoms with van der Waals surface area (Å²) in [5.74, 6) is 2.48. The third-order valence-corrected chi connectivity index (χ3v) is 6.35. The van der Waals surface area contributed by atoms with Crippen molar-refractivity contribution in [3.05, 3.63) is 35.4 Å². The topological polar surface area (TPSA) is 41.1 Å². The molecule has 1 aromatic rings. The van der Waals surface area contributed by atoms with Gasteiger partial charge in [0.15, 0.2) is 0 Å². The summed E-state index contributed by atoms with van der Waals surface area (Å²) in [7, 11) is 1.89. The van der Waals surface area contributed by atoms with Gasteiger partial charge in [0, 0.05) is 18.2 Å². The Bertz CT molecular complexity index is 436. The maximum atomic E-state index is 12.0. The second-order valence-corrected chi connectivity index (χ2v) is 7.67. The highest BCUT2D eigenvalue weighted by Crippen LogP contribution is 2.43. The lowest BCUT2D eigenvalue weighted by Crippen LogP contribution is -2.37. The number of nitrogens with one attached hydrogen (secondary N) is 2. The second kappa shape index (κ2) is 9.62. The number of likely N-dealkylation sites (N-methyl/N-ethyl adjacent to an activating group) is 1. The first-order valence-corrected chi connectivity index (χ1v) is 9.09. The predicted octanol–water partition coefficient (Wildman–Crippen LogP) is 3.31. The third kappa shape index (κ3) is 5.74. The predicted molar refractivity (Wildman–Crippen MR) is 96.8 cm³/mol. The van der Waals surface area contributed by atoms with Crippen LogP contribution in [-0.2, 0) is 0 Å². The van der Waals surface area contributed by atoms with Crippen LogP contribution in [0.1, 0.15) is 33.8 Å². The molecule has 1 saturated heterocycles. The number of amides is 1. The van der Waals surface area contributed by atoms with Crippen molar-refractivity contribution in [2.45, 2.75) is 24.0 Å². The standard InChI is InChI=1S/C15H22N2OS2.ClH/c1-11(16-2)10-17-14(18)12-4-6-13(7-5-12)15-19-8-3-9-20-15;/h4-7,11,15-16H,3,8-10H2,1-2H3,(H,17,18);1H. The van der Waals surface area contributed by atoms with Gasteiger partial charge in [0.05, 0.1) is 4.58 Å². The summed E-state index contributed by atoms with van der Waals surface area (Å²) in [6.07, 6.45) is 1.30. The Morgan fingerprint density at radius 3 is 2.48 bits per heavy atom. The van der Waals surface area contributed by atoms with E-state index in [1.54, 1.807) is 0 Å². The van der Waals surface area contributed by atoms with Crippen LogP contribution in [-0.4, -0.2) is 37.0 Å². The molecule has 1 fully saturated rings. The fourth-order valence-corrected chi connectivity index (χ4v) is 4.82. The van der Waals surface area contributed by atoms with Crippen LogP contribution in [0.4, 0.5) is 0 Å². The molecule has 1 heterocycles. The van der Waals surface area contributed by atoms with Gasteiger partial charge >= 0.3 is 0 Å². The molecule has 2 N–H and O–H groups in total. The SMILES string of the molecule is CNC(C)CNC(=O)c1ccc(C2SCCCS2)cc1.Cl. The first-order valence-electron chi connectivity index (χ1n) is 6.99. The number of halogens is 1. The third-order valence-electron chi connectivity index (χ3n) is 3.33. The number of carbonyl (C=O) groups is 1. The molecule has 118 valence electrons. The maximum absolute atomic E-state index is 12.0. The monoisotopic (exact) mass is 346 g/mol. The van der Waals surface area contributed by atoms with E-state index in [1.807, 2.05) is 49.6 Å². The van der Waals surface area contributed by atoms with E-state index >= 15 is 0 Å². The van der Waals surface area contributed by atoms with Gasteiger partial charge in [-0.1, -0.05) is 12.1 Å². The summed E-state index contributed by atoms with van der Waals surface area (Å²) in [6.45, 7) is 2.69. The number of benzene rings is 1.